The van der Waals surface area contributed by atoms with Gasteiger partial charge in [0.15, 0.2) is 5.75 Å². The largest absolute Gasteiger partial charge is 0.391 e. The van der Waals surface area contributed by atoms with Crippen LogP contribution in [0.15, 0.2) is 48.5 Å². The SMILES string of the molecule is CC(C)(C)[C@H](N)C(=O)N1C[C@H](O)C[C@H]1C(=O)NOc1ccc(-c2ccccc2F)cc1. The molecule has 0 radical (unpaired) electrons. The van der Waals surface area contributed by atoms with Gasteiger partial charge in [0.2, 0.25) is 5.91 Å². The molecule has 31 heavy (non-hydrogen) atoms. The predicted octanol–water partition coefficient (Wildman–Crippen LogP) is 2.24. The zero-order valence-electron chi connectivity index (χ0n) is 17.8. The second kappa shape index (κ2) is 9.03. The van der Waals surface area contributed by atoms with Gasteiger partial charge in [-0.3, -0.25) is 9.59 Å². The van der Waals surface area contributed by atoms with Crippen LogP contribution in [-0.2, 0) is 9.59 Å². The Kier molecular flexibility index (Phi) is 6.62. The Morgan fingerprint density at radius 3 is 2.45 bits per heavy atom. The van der Waals surface area contributed by atoms with Gasteiger partial charge < -0.3 is 20.6 Å². The van der Waals surface area contributed by atoms with E-state index < -0.39 is 35.4 Å². The Balaban J connectivity index is 1.64. The Hall–Kier alpha value is -2.97. The Bertz CT molecular complexity index is 943. The van der Waals surface area contributed by atoms with Crippen molar-refractivity contribution in [2.45, 2.75) is 45.4 Å². The molecule has 2 aromatic carbocycles. The third-order valence-electron chi connectivity index (χ3n) is 5.37. The van der Waals surface area contributed by atoms with Gasteiger partial charge in [-0.15, -0.1) is 0 Å². The Labute approximate surface area is 180 Å². The molecule has 0 aromatic heterocycles. The van der Waals surface area contributed by atoms with E-state index in [0.717, 1.165) is 0 Å². The predicted molar refractivity (Wildman–Crippen MR) is 114 cm³/mol. The van der Waals surface area contributed by atoms with Crippen molar-refractivity contribution >= 4 is 11.8 Å². The summed E-state index contributed by atoms with van der Waals surface area (Å²) < 4.78 is 13.9. The molecule has 0 unspecified atom stereocenters. The maximum Gasteiger partial charge on any atom is 0.275 e. The van der Waals surface area contributed by atoms with Crippen LogP contribution in [0, 0.1) is 11.2 Å². The molecular formula is C23H28FN3O4. The van der Waals surface area contributed by atoms with Gasteiger partial charge in [0.05, 0.1) is 12.1 Å². The minimum atomic E-state index is -0.881. The summed E-state index contributed by atoms with van der Waals surface area (Å²) in [7, 11) is 0. The van der Waals surface area contributed by atoms with Gasteiger partial charge in [-0.2, -0.15) is 5.48 Å². The van der Waals surface area contributed by atoms with E-state index in [4.69, 9.17) is 10.6 Å². The number of rotatable bonds is 5. The highest BCUT2D eigenvalue weighted by atomic mass is 19.1. The minimum absolute atomic E-state index is 0.0397. The molecule has 2 aromatic rings. The number of nitrogens with zero attached hydrogens (tertiary/aromatic N) is 1. The van der Waals surface area contributed by atoms with Crippen LogP contribution in [0.25, 0.3) is 11.1 Å². The zero-order chi connectivity index (χ0) is 22.8. The Morgan fingerprint density at radius 2 is 1.84 bits per heavy atom. The Morgan fingerprint density at radius 1 is 1.19 bits per heavy atom. The third-order valence-corrected chi connectivity index (χ3v) is 5.37. The number of halogens is 1. The summed E-state index contributed by atoms with van der Waals surface area (Å²) in [5.41, 5.74) is 9.04. The van der Waals surface area contributed by atoms with Crippen molar-refractivity contribution in [3.05, 3.63) is 54.3 Å². The van der Waals surface area contributed by atoms with E-state index in [9.17, 15) is 19.1 Å². The molecule has 0 saturated carbocycles. The molecule has 2 amide bonds. The van der Waals surface area contributed by atoms with Gasteiger partial charge in [0, 0.05) is 18.5 Å². The molecule has 4 N–H and O–H groups in total. The van der Waals surface area contributed by atoms with Crippen molar-refractivity contribution in [3.8, 4) is 16.9 Å². The molecule has 1 aliphatic rings. The minimum Gasteiger partial charge on any atom is -0.391 e. The van der Waals surface area contributed by atoms with Crippen LogP contribution in [0.5, 0.6) is 5.75 Å². The maximum atomic E-state index is 13.9. The number of carbonyl (C=O) groups is 2. The summed E-state index contributed by atoms with van der Waals surface area (Å²) >= 11 is 0. The summed E-state index contributed by atoms with van der Waals surface area (Å²) in [4.78, 5) is 32.1. The number of likely N-dealkylation sites (tertiary alicyclic amines) is 1. The second-order valence-electron chi connectivity index (χ2n) is 8.81. The first kappa shape index (κ1) is 22.7. The van der Waals surface area contributed by atoms with Gasteiger partial charge in [0.25, 0.3) is 5.91 Å². The van der Waals surface area contributed by atoms with Crippen molar-refractivity contribution < 1.29 is 23.9 Å². The smallest absolute Gasteiger partial charge is 0.275 e. The maximum absolute atomic E-state index is 13.9. The van der Waals surface area contributed by atoms with Gasteiger partial charge in [-0.25, -0.2) is 4.39 Å². The van der Waals surface area contributed by atoms with Crippen LogP contribution >= 0.6 is 0 Å². The average Bonchev–Trinajstić information content (AvgIpc) is 3.13. The molecule has 1 fully saturated rings. The number of β-amino-alcohol motifs (C(OH)–C–C–N with tert-alkyl or cyclic N) is 1. The van der Waals surface area contributed by atoms with Gasteiger partial charge >= 0.3 is 0 Å². The fourth-order valence-corrected chi connectivity index (χ4v) is 3.43. The lowest BCUT2D eigenvalue weighted by atomic mass is 9.86. The number of aliphatic hydroxyl groups is 1. The number of benzene rings is 2. The fourth-order valence-electron chi connectivity index (χ4n) is 3.43. The molecule has 1 heterocycles. The molecule has 1 saturated heterocycles. The summed E-state index contributed by atoms with van der Waals surface area (Å²) in [6.07, 6.45) is -0.712. The summed E-state index contributed by atoms with van der Waals surface area (Å²) in [6, 6.07) is 11.3. The molecule has 3 atom stereocenters. The normalized spacial score (nSPS) is 19.7. The number of carbonyl (C=O) groups excluding carboxylic acids is 2. The first-order chi connectivity index (χ1) is 14.6. The van der Waals surface area contributed by atoms with Gasteiger partial charge in [0.1, 0.15) is 11.9 Å². The monoisotopic (exact) mass is 429 g/mol. The topological polar surface area (TPSA) is 105 Å². The van der Waals surface area contributed by atoms with E-state index in [1.807, 2.05) is 20.8 Å². The van der Waals surface area contributed by atoms with Crippen molar-refractivity contribution in [1.29, 1.82) is 0 Å². The van der Waals surface area contributed by atoms with Crippen molar-refractivity contribution in [2.75, 3.05) is 6.54 Å². The molecule has 0 aliphatic carbocycles. The van der Waals surface area contributed by atoms with Crippen LogP contribution in [0.4, 0.5) is 4.39 Å². The highest BCUT2D eigenvalue weighted by Crippen LogP contribution is 2.26. The molecule has 0 spiro atoms. The fraction of sp³-hybridized carbons (Fsp3) is 0.391. The quantitative estimate of drug-likeness (QED) is 0.633. The van der Waals surface area contributed by atoms with Crippen LogP contribution in [0.2, 0.25) is 0 Å². The standard InChI is InChI=1S/C23H28FN3O4/c1-23(2,3)20(25)22(30)27-13-15(28)12-19(27)21(29)26-31-16-10-8-14(9-11-16)17-6-4-5-7-18(17)24/h4-11,15,19-20,28H,12-13,25H2,1-3H3,(H,26,29)/t15-,19+,20-/m1/s1. The van der Waals surface area contributed by atoms with E-state index in [1.165, 1.54) is 11.0 Å². The van der Waals surface area contributed by atoms with Crippen LogP contribution in [0.3, 0.4) is 0 Å². The highest BCUT2D eigenvalue weighted by molar-refractivity contribution is 5.90. The van der Waals surface area contributed by atoms with Gasteiger partial charge in [-0.1, -0.05) is 51.1 Å². The van der Waals surface area contributed by atoms with E-state index in [1.54, 1.807) is 42.5 Å². The number of hydroxylamine groups is 1. The average molecular weight is 429 g/mol. The lowest BCUT2D eigenvalue weighted by Crippen LogP contribution is -2.55. The number of hydrogen-bond donors (Lipinski definition) is 3. The number of hydrogen-bond acceptors (Lipinski definition) is 5. The number of aliphatic hydroxyl groups excluding tert-OH is 1. The molecule has 0 bridgehead atoms. The summed E-state index contributed by atoms with van der Waals surface area (Å²) in [5, 5.41) is 10.0. The van der Waals surface area contributed by atoms with Crippen LogP contribution < -0.4 is 16.1 Å². The van der Waals surface area contributed by atoms with Crippen LogP contribution in [-0.4, -0.2) is 46.6 Å². The van der Waals surface area contributed by atoms with E-state index >= 15 is 0 Å². The number of nitrogens with two attached hydrogens (primary N) is 1. The lowest BCUT2D eigenvalue weighted by Gasteiger charge is -2.32. The van der Waals surface area contributed by atoms with Gasteiger partial charge in [-0.05, 0) is 29.2 Å². The van der Waals surface area contributed by atoms with Crippen molar-refractivity contribution in [2.24, 2.45) is 11.1 Å². The zero-order valence-corrected chi connectivity index (χ0v) is 17.8. The first-order valence-corrected chi connectivity index (χ1v) is 10.1. The van der Waals surface area contributed by atoms with Crippen molar-refractivity contribution in [3.63, 3.8) is 0 Å². The van der Waals surface area contributed by atoms with E-state index in [-0.39, 0.29) is 18.8 Å². The first-order valence-electron chi connectivity index (χ1n) is 10.1. The second-order valence-corrected chi connectivity index (χ2v) is 8.81. The van der Waals surface area contributed by atoms with Crippen LogP contribution in [0.1, 0.15) is 27.2 Å². The number of nitrogens with one attached hydrogen (secondary N) is 1. The number of amides is 2. The van der Waals surface area contributed by atoms with Crippen molar-refractivity contribution in [1.82, 2.24) is 10.4 Å². The third kappa shape index (κ3) is 5.21. The molecule has 166 valence electrons. The lowest BCUT2D eigenvalue weighted by molar-refractivity contribution is -0.143. The van der Waals surface area contributed by atoms with E-state index in [0.29, 0.717) is 16.9 Å². The molecule has 8 heteroatoms. The molecular weight excluding hydrogens is 401 g/mol. The molecule has 7 nitrogen and oxygen atoms in total. The highest BCUT2D eigenvalue weighted by Gasteiger charge is 2.42. The molecule has 3 rings (SSSR count). The van der Waals surface area contributed by atoms with E-state index in [2.05, 4.69) is 5.48 Å². The summed E-state index contributed by atoms with van der Waals surface area (Å²) in [5.74, 6) is -0.929. The summed E-state index contributed by atoms with van der Waals surface area (Å²) in [6.45, 7) is 5.56. The molecule has 1 aliphatic heterocycles.